The zero-order valence-corrected chi connectivity index (χ0v) is 13.3. The maximum Gasteiger partial charge on any atom is 0.159 e. The van der Waals surface area contributed by atoms with E-state index in [4.69, 9.17) is 0 Å². The van der Waals surface area contributed by atoms with Gasteiger partial charge in [-0.05, 0) is 44.4 Å². The standard InChI is InChI=1S/C15H32FN/c1-12(2,3)10-14(7,8)17-15(9,16)11-13(4,5)6/h17H,10-11H2,1-9H3. The number of hydrogen-bond donors (Lipinski definition) is 1. The van der Waals surface area contributed by atoms with Crippen LogP contribution in [0.4, 0.5) is 4.39 Å². The Hall–Kier alpha value is -0.110. The molecule has 0 saturated carbocycles. The Morgan fingerprint density at radius 1 is 0.706 bits per heavy atom. The molecule has 104 valence electrons. The summed E-state index contributed by atoms with van der Waals surface area (Å²) in [6.07, 6.45) is 1.47. The van der Waals surface area contributed by atoms with Crippen molar-refractivity contribution in [3.8, 4) is 0 Å². The van der Waals surface area contributed by atoms with Crippen LogP contribution < -0.4 is 5.32 Å². The maximum atomic E-state index is 14.5. The van der Waals surface area contributed by atoms with Crippen molar-refractivity contribution < 1.29 is 4.39 Å². The Bertz CT molecular complexity index is 215. The zero-order valence-electron chi connectivity index (χ0n) is 13.3. The molecule has 0 saturated heterocycles. The van der Waals surface area contributed by atoms with Gasteiger partial charge in [-0.3, -0.25) is 5.32 Å². The van der Waals surface area contributed by atoms with E-state index in [-0.39, 0.29) is 16.4 Å². The first-order chi connectivity index (χ1) is 7.12. The summed E-state index contributed by atoms with van der Waals surface area (Å²) in [6, 6.07) is 0. The minimum atomic E-state index is -1.31. The van der Waals surface area contributed by atoms with Crippen LogP contribution in [0.15, 0.2) is 0 Å². The second-order valence-corrected chi connectivity index (χ2v) is 8.68. The van der Waals surface area contributed by atoms with Crippen molar-refractivity contribution in [2.45, 2.75) is 86.5 Å². The van der Waals surface area contributed by atoms with Gasteiger partial charge in [-0.15, -0.1) is 0 Å². The van der Waals surface area contributed by atoms with Crippen LogP contribution in [0.1, 0.15) is 75.2 Å². The first-order valence-corrected chi connectivity index (χ1v) is 6.60. The van der Waals surface area contributed by atoms with Gasteiger partial charge in [0.25, 0.3) is 0 Å². The number of halogens is 1. The van der Waals surface area contributed by atoms with Crippen molar-refractivity contribution in [2.75, 3.05) is 0 Å². The molecule has 0 aromatic heterocycles. The lowest BCUT2D eigenvalue weighted by atomic mass is 9.80. The number of hydrogen-bond acceptors (Lipinski definition) is 1. The lowest BCUT2D eigenvalue weighted by Crippen LogP contribution is -2.53. The topological polar surface area (TPSA) is 12.0 Å². The average Bonchev–Trinajstić information content (AvgIpc) is 1.65. The van der Waals surface area contributed by atoms with Crippen molar-refractivity contribution in [3.63, 3.8) is 0 Å². The molecule has 0 aliphatic rings. The van der Waals surface area contributed by atoms with E-state index in [1.54, 1.807) is 6.92 Å². The minimum Gasteiger partial charge on any atom is -0.280 e. The van der Waals surface area contributed by atoms with Crippen molar-refractivity contribution in [3.05, 3.63) is 0 Å². The third-order valence-corrected chi connectivity index (χ3v) is 2.43. The summed E-state index contributed by atoms with van der Waals surface area (Å²) < 4.78 is 14.5. The molecule has 2 heteroatoms. The van der Waals surface area contributed by atoms with Crippen molar-refractivity contribution >= 4 is 0 Å². The zero-order chi connectivity index (χ0) is 14.1. The summed E-state index contributed by atoms with van der Waals surface area (Å²) in [5.74, 6) is -1.31. The highest BCUT2D eigenvalue weighted by Crippen LogP contribution is 2.33. The first kappa shape index (κ1) is 16.9. The molecule has 0 fully saturated rings. The fraction of sp³-hybridized carbons (Fsp3) is 1.00. The van der Waals surface area contributed by atoms with Gasteiger partial charge in [0, 0.05) is 5.54 Å². The van der Waals surface area contributed by atoms with Gasteiger partial charge >= 0.3 is 0 Å². The van der Waals surface area contributed by atoms with Gasteiger partial charge in [-0.25, -0.2) is 4.39 Å². The molecule has 17 heavy (non-hydrogen) atoms. The quantitative estimate of drug-likeness (QED) is 0.694. The third kappa shape index (κ3) is 9.58. The van der Waals surface area contributed by atoms with E-state index in [0.29, 0.717) is 6.42 Å². The molecule has 1 atom stereocenters. The Labute approximate surface area is 108 Å². The van der Waals surface area contributed by atoms with Crippen molar-refractivity contribution in [1.82, 2.24) is 5.32 Å². The predicted molar refractivity (Wildman–Crippen MR) is 74.9 cm³/mol. The van der Waals surface area contributed by atoms with Crippen LogP contribution in [0.2, 0.25) is 0 Å². The molecule has 1 unspecified atom stereocenters. The summed E-state index contributed by atoms with van der Waals surface area (Å²) >= 11 is 0. The summed E-state index contributed by atoms with van der Waals surface area (Å²) in [5.41, 5.74) is 0.00955. The molecule has 0 rings (SSSR count). The molecule has 0 bridgehead atoms. The van der Waals surface area contributed by atoms with Gasteiger partial charge in [0.05, 0.1) is 0 Å². The molecule has 0 aromatic carbocycles. The number of rotatable bonds is 4. The Balaban J connectivity index is 4.59. The van der Waals surface area contributed by atoms with E-state index < -0.39 is 5.79 Å². The normalized spacial score (nSPS) is 18.0. The molecule has 0 spiro atoms. The second-order valence-electron chi connectivity index (χ2n) is 8.68. The smallest absolute Gasteiger partial charge is 0.159 e. The third-order valence-electron chi connectivity index (χ3n) is 2.43. The summed E-state index contributed by atoms with van der Waals surface area (Å²) in [5, 5.41) is 3.18. The van der Waals surface area contributed by atoms with Gasteiger partial charge in [0.1, 0.15) is 0 Å². The van der Waals surface area contributed by atoms with Crippen LogP contribution in [0.25, 0.3) is 0 Å². The van der Waals surface area contributed by atoms with Crippen molar-refractivity contribution in [2.24, 2.45) is 10.8 Å². The average molecular weight is 245 g/mol. The molecule has 0 heterocycles. The van der Waals surface area contributed by atoms with Gasteiger partial charge in [-0.2, -0.15) is 0 Å². The Kier molecular flexibility index (Phi) is 4.84. The van der Waals surface area contributed by atoms with E-state index in [1.807, 2.05) is 0 Å². The van der Waals surface area contributed by atoms with Crippen LogP contribution in [-0.4, -0.2) is 11.3 Å². The van der Waals surface area contributed by atoms with Crippen LogP contribution in [0.5, 0.6) is 0 Å². The monoisotopic (exact) mass is 245 g/mol. The predicted octanol–water partition coefficient (Wildman–Crippen LogP) is 4.91. The van der Waals surface area contributed by atoms with E-state index >= 15 is 0 Å². The second kappa shape index (κ2) is 4.87. The van der Waals surface area contributed by atoms with Gasteiger partial charge in [0.2, 0.25) is 0 Å². The number of nitrogens with one attached hydrogen (secondary N) is 1. The van der Waals surface area contributed by atoms with Crippen LogP contribution in [0.3, 0.4) is 0 Å². The number of alkyl halides is 1. The van der Waals surface area contributed by atoms with Crippen molar-refractivity contribution in [1.29, 1.82) is 0 Å². The van der Waals surface area contributed by atoms with E-state index in [0.717, 1.165) is 6.42 Å². The van der Waals surface area contributed by atoms with Crippen LogP contribution in [-0.2, 0) is 0 Å². The Morgan fingerprint density at radius 3 is 1.35 bits per heavy atom. The highest BCUT2D eigenvalue weighted by molar-refractivity contribution is 4.90. The lowest BCUT2D eigenvalue weighted by molar-refractivity contribution is 0.0377. The summed E-state index contributed by atoms with van der Waals surface area (Å²) in [7, 11) is 0. The molecule has 1 N–H and O–H groups in total. The molecular formula is C15H32FN. The van der Waals surface area contributed by atoms with E-state index in [9.17, 15) is 4.39 Å². The molecule has 1 nitrogen and oxygen atoms in total. The van der Waals surface area contributed by atoms with E-state index in [2.05, 4.69) is 60.7 Å². The molecule has 0 aliphatic heterocycles. The van der Waals surface area contributed by atoms with Gasteiger partial charge < -0.3 is 0 Å². The minimum absolute atomic E-state index is 0.00564. The largest absolute Gasteiger partial charge is 0.280 e. The van der Waals surface area contributed by atoms with Crippen LogP contribution in [0, 0.1) is 10.8 Å². The molecule has 0 aliphatic carbocycles. The van der Waals surface area contributed by atoms with Gasteiger partial charge in [-0.1, -0.05) is 41.5 Å². The fourth-order valence-electron chi connectivity index (χ4n) is 3.12. The molecule has 0 radical (unpaired) electrons. The highest BCUT2D eigenvalue weighted by Gasteiger charge is 2.36. The lowest BCUT2D eigenvalue weighted by Gasteiger charge is -2.40. The molecular weight excluding hydrogens is 213 g/mol. The Morgan fingerprint density at radius 2 is 1.06 bits per heavy atom. The summed E-state index contributed by atoms with van der Waals surface area (Å²) in [4.78, 5) is 0. The summed E-state index contributed by atoms with van der Waals surface area (Å²) in [6.45, 7) is 18.6. The molecule has 0 amide bonds. The highest BCUT2D eigenvalue weighted by atomic mass is 19.1. The first-order valence-electron chi connectivity index (χ1n) is 6.60. The molecule has 0 aromatic rings. The maximum absolute atomic E-state index is 14.5. The SMILES string of the molecule is CC(C)(C)CC(C)(C)NC(C)(F)CC(C)(C)C. The fourth-order valence-corrected chi connectivity index (χ4v) is 3.12. The van der Waals surface area contributed by atoms with E-state index in [1.165, 1.54) is 0 Å². The van der Waals surface area contributed by atoms with Crippen LogP contribution >= 0.6 is 0 Å². The van der Waals surface area contributed by atoms with Gasteiger partial charge in [0.15, 0.2) is 5.79 Å².